The van der Waals surface area contributed by atoms with Crippen molar-refractivity contribution in [1.82, 2.24) is 4.90 Å². The van der Waals surface area contributed by atoms with Gasteiger partial charge in [-0.25, -0.2) is 4.90 Å². The Balaban J connectivity index is 1.80. The molecule has 0 saturated carbocycles. The Kier molecular flexibility index (Phi) is 5.33. The zero-order valence-electron chi connectivity index (χ0n) is 17.2. The van der Waals surface area contributed by atoms with Gasteiger partial charge in [0.1, 0.15) is 5.70 Å². The van der Waals surface area contributed by atoms with Gasteiger partial charge in [-0.1, -0.05) is 0 Å². The zero-order valence-corrected chi connectivity index (χ0v) is 17.2. The van der Waals surface area contributed by atoms with Gasteiger partial charge in [0.15, 0.2) is 11.5 Å². The lowest BCUT2D eigenvalue weighted by Gasteiger charge is -2.20. The fourth-order valence-corrected chi connectivity index (χ4v) is 3.96. The van der Waals surface area contributed by atoms with Crippen molar-refractivity contribution in [1.29, 1.82) is 0 Å². The topological polar surface area (TPSA) is 102 Å². The number of likely N-dealkylation sites (tertiary alicyclic amines) is 1. The number of imide groups is 1. The molecule has 2 amide bonds. The van der Waals surface area contributed by atoms with Crippen LogP contribution in [0.5, 0.6) is 11.5 Å². The Bertz CT molecular complexity index is 1090. The van der Waals surface area contributed by atoms with E-state index in [9.17, 15) is 19.7 Å². The first-order valence-corrected chi connectivity index (χ1v) is 9.81. The van der Waals surface area contributed by atoms with Crippen LogP contribution in [0.2, 0.25) is 0 Å². The Labute approximate surface area is 178 Å². The molecule has 0 spiro atoms. The second kappa shape index (κ2) is 8.10. The van der Waals surface area contributed by atoms with Gasteiger partial charge in [0.05, 0.1) is 30.4 Å². The molecular weight excluding hydrogens is 402 g/mol. The summed E-state index contributed by atoms with van der Waals surface area (Å²) in [5, 5.41) is 11.0. The lowest BCUT2D eigenvalue weighted by molar-refractivity contribution is -0.384. The normalized spacial score (nSPS) is 16.3. The maximum Gasteiger partial charge on any atom is 0.282 e. The molecule has 0 radical (unpaired) electrons. The fraction of sp³-hybridized carbons (Fsp3) is 0.273. The van der Waals surface area contributed by atoms with E-state index in [-0.39, 0.29) is 11.3 Å². The average molecular weight is 423 g/mol. The minimum atomic E-state index is -0.503. The number of carbonyl (C=O) groups is 2. The Morgan fingerprint density at radius 1 is 0.903 bits per heavy atom. The van der Waals surface area contributed by atoms with E-state index in [1.165, 1.54) is 38.5 Å². The maximum absolute atomic E-state index is 13.5. The SMILES string of the molecule is COc1ccc(N2C(=O)C(c3ccc([N+](=O)[O-])cc3)=C(N3CCCC3)C2=O)cc1OC. The van der Waals surface area contributed by atoms with Gasteiger partial charge in [0.25, 0.3) is 17.5 Å². The van der Waals surface area contributed by atoms with Crippen molar-refractivity contribution in [2.75, 3.05) is 32.2 Å². The number of non-ortho nitro benzene ring substituents is 1. The summed E-state index contributed by atoms with van der Waals surface area (Å²) in [4.78, 5) is 40.4. The second-order valence-corrected chi connectivity index (χ2v) is 7.21. The molecule has 160 valence electrons. The summed E-state index contributed by atoms with van der Waals surface area (Å²) in [6, 6.07) is 10.5. The zero-order chi connectivity index (χ0) is 22.1. The standard InChI is InChI=1S/C22H21N3O6/c1-30-17-10-9-16(13-18(17)31-2)24-21(26)19(14-5-7-15(8-6-14)25(28)29)20(22(24)27)23-11-3-4-12-23/h5-10,13H,3-4,11-12H2,1-2H3. The molecule has 0 aromatic heterocycles. The summed E-state index contributed by atoms with van der Waals surface area (Å²) in [5.41, 5.74) is 1.32. The molecule has 9 nitrogen and oxygen atoms in total. The van der Waals surface area contributed by atoms with E-state index in [1.54, 1.807) is 18.2 Å². The second-order valence-electron chi connectivity index (χ2n) is 7.21. The average Bonchev–Trinajstić information content (AvgIpc) is 3.39. The number of methoxy groups -OCH3 is 2. The molecule has 1 fully saturated rings. The van der Waals surface area contributed by atoms with Crippen molar-refractivity contribution in [2.24, 2.45) is 0 Å². The highest BCUT2D eigenvalue weighted by Crippen LogP contribution is 2.39. The van der Waals surface area contributed by atoms with Crippen LogP contribution < -0.4 is 14.4 Å². The van der Waals surface area contributed by atoms with Crippen molar-refractivity contribution in [2.45, 2.75) is 12.8 Å². The molecule has 2 aliphatic rings. The van der Waals surface area contributed by atoms with Crippen molar-refractivity contribution in [3.63, 3.8) is 0 Å². The van der Waals surface area contributed by atoms with Gasteiger partial charge in [-0.15, -0.1) is 0 Å². The molecule has 0 atom stereocenters. The number of rotatable bonds is 6. The molecule has 31 heavy (non-hydrogen) atoms. The van der Waals surface area contributed by atoms with Crippen LogP contribution in [0.25, 0.3) is 5.57 Å². The lowest BCUT2D eigenvalue weighted by atomic mass is 10.0. The van der Waals surface area contributed by atoms with E-state index in [1.807, 2.05) is 4.90 Å². The third kappa shape index (κ3) is 3.48. The highest BCUT2D eigenvalue weighted by atomic mass is 16.6. The van der Waals surface area contributed by atoms with Gasteiger partial charge in [-0.05, 0) is 42.7 Å². The van der Waals surface area contributed by atoms with Crippen molar-refractivity contribution >= 4 is 28.8 Å². The largest absolute Gasteiger partial charge is 0.493 e. The predicted molar refractivity (Wildman–Crippen MR) is 113 cm³/mol. The lowest BCUT2D eigenvalue weighted by Crippen LogP contribution is -2.34. The molecule has 0 N–H and O–H groups in total. The molecule has 2 aromatic carbocycles. The van der Waals surface area contributed by atoms with Crippen LogP contribution in [-0.2, 0) is 9.59 Å². The molecule has 0 bridgehead atoms. The van der Waals surface area contributed by atoms with E-state index in [4.69, 9.17) is 9.47 Å². The van der Waals surface area contributed by atoms with Crippen LogP contribution in [-0.4, -0.2) is 48.9 Å². The van der Waals surface area contributed by atoms with Gasteiger partial charge >= 0.3 is 0 Å². The number of hydrogen-bond donors (Lipinski definition) is 0. The molecule has 0 unspecified atom stereocenters. The monoisotopic (exact) mass is 423 g/mol. The predicted octanol–water partition coefficient (Wildman–Crippen LogP) is 2.99. The third-order valence-corrected chi connectivity index (χ3v) is 5.47. The van der Waals surface area contributed by atoms with Crippen LogP contribution >= 0.6 is 0 Å². The number of benzene rings is 2. The van der Waals surface area contributed by atoms with Crippen LogP contribution in [0.1, 0.15) is 18.4 Å². The van der Waals surface area contributed by atoms with E-state index in [0.29, 0.717) is 41.5 Å². The van der Waals surface area contributed by atoms with Gasteiger partial charge in [-0.3, -0.25) is 19.7 Å². The Morgan fingerprint density at radius 2 is 1.55 bits per heavy atom. The maximum atomic E-state index is 13.5. The van der Waals surface area contributed by atoms with Gasteiger partial charge < -0.3 is 14.4 Å². The van der Waals surface area contributed by atoms with E-state index in [0.717, 1.165) is 17.7 Å². The quantitative estimate of drug-likeness (QED) is 0.400. The first-order chi connectivity index (χ1) is 15.0. The number of nitro benzene ring substituents is 1. The van der Waals surface area contributed by atoms with E-state index in [2.05, 4.69) is 0 Å². The Hall–Kier alpha value is -3.88. The van der Waals surface area contributed by atoms with Crippen LogP contribution in [0.4, 0.5) is 11.4 Å². The molecule has 2 aliphatic heterocycles. The summed E-state index contributed by atoms with van der Waals surface area (Å²) in [6.45, 7) is 1.34. The highest BCUT2D eigenvalue weighted by molar-refractivity contribution is 6.45. The van der Waals surface area contributed by atoms with E-state index < -0.39 is 16.7 Å². The summed E-state index contributed by atoms with van der Waals surface area (Å²) in [6.07, 6.45) is 1.85. The van der Waals surface area contributed by atoms with Crippen LogP contribution in [0.3, 0.4) is 0 Å². The van der Waals surface area contributed by atoms with Crippen LogP contribution in [0, 0.1) is 10.1 Å². The Morgan fingerprint density at radius 3 is 2.13 bits per heavy atom. The highest BCUT2D eigenvalue weighted by Gasteiger charge is 2.43. The summed E-state index contributed by atoms with van der Waals surface area (Å²) >= 11 is 0. The number of amides is 2. The summed E-state index contributed by atoms with van der Waals surface area (Å²) in [5.74, 6) is -0.0267. The summed E-state index contributed by atoms with van der Waals surface area (Å²) in [7, 11) is 2.98. The van der Waals surface area contributed by atoms with Crippen molar-refractivity contribution < 1.29 is 24.0 Å². The minimum Gasteiger partial charge on any atom is -0.493 e. The first kappa shape index (κ1) is 20.4. The molecule has 2 heterocycles. The number of nitro groups is 1. The third-order valence-electron chi connectivity index (χ3n) is 5.47. The molecule has 1 saturated heterocycles. The van der Waals surface area contributed by atoms with E-state index >= 15 is 0 Å². The molecule has 4 rings (SSSR count). The van der Waals surface area contributed by atoms with Crippen molar-refractivity contribution in [3.8, 4) is 11.5 Å². The smallest absolute Gasteiger partial charge is 0.282 e. The minimum absolute atomic E-state index is 0.0828. The molecule has 2 aromatic rings. The van der Waals surface area contributed by atoms with Gasteiger partial charge in [-0.2, -0.15) is 0 Å². The molecule has 0 aliphatic carbocycles. The number of hydrogen-bond acceptors (Lipinski definition) is 7. The number of carbonyl (C=O) groups excluding carboxylic acids is 2. The van der Waals surface area contributed by atoms with Crippen LogP contribution in [0.15, 0.2) is 48.2 Å². The number of ether oxygens (including phenoxy) is 2. The number of anilines is 1. The molecule has 9 heteroatoms. The van der Waals surface area contributed by atoms with Crippen molar-refractivity contribution in [3.05, 3.63) is 63.8 Å². The first-order valence-electron chi connectivity index (χ1n) is 9.81. The van der Waals surface area contributed by atoms with Gasteiger partial charge in [0, 0.05) is 31.3 Å². The molecular formula is C22H21N3O6. The number of nitrogens with zero attached hydrogens (tertiary/aromatic N) is 3. The fourth-order valence-electron chi connectivity index (χ4n) is 3.96. The summed E-state index contributed by atoms with van der Waals surface area (Å²) < 4.78 is 10.6. The van der Waals surface area contributed by atoms with Gasteiger partial charge in [0.2, 0.25) is 0 Å².